The first-order chi connectivity index (χ1) is 19.1. The second-order valence-corrected chi connectivity index (χ2v) is 10.7. The minimum Gasteiger partial charge on any atom is -0.311 e. The van der Waals surface area contributed by atoms with Crippen molar-refractivity contribution in [3.8, 4) is 33.4 Å². The summed E-state index contributed by atoms with van der Waals surface area (Å²) >= 11 is 9.63. The second-order valence-electron chi connectivity index (χ2n) is 9.36. The quantitative estimate of drug-likeness (QED) is 0.188. The van der Waals surface area contributed by atoms with E-state index in [-0.39, 0.29) is 0 Å². The number of benzene rings is 6. The standard InChI is InChI=1S/C36H25BrClN/c37-32-16-6-27(7-17-32)30-12-22-35(23-13-30)39(34-20-10-29(11-21-34)26-4-2-1-3-5-26)36-24-14-31(15-25-36)28-8-18-33(38)19-9-28/h1-25H. The van der Waals surface area contributed by atoms with Gasteiger partial charge in [0, 0.05) is 26.6 Å². The third-order valence-electron chi connectivity index (χ3n) is 6.84. The Kier molecular flexibility index (Phi) is 7.31. The predicted molar refractivity (Wildman–Crippen MR) is 170 cm³/mol. The van der Waals surface area contributed by atoms with Crippen molar-refractivity contribution in [1.82, 2.24) is 0 Å². The van der Waals surface area contributed by atoms with Crippen molar-refractivity contribution in [3.63, 3.8) is 0 Å². The largest absolute Gasteiger partial charge is 0.311 e. The highest BCUT2D eigenvalue weighted by Crippen LogP contribution is 2.37. The third-order valence-corrected chi connectivity index (χ3v) is 7.62. The van der Waals surface area contributed by atoms with Gasteiger partial charge in [0.15, 0.2) is 0 Å². The Morgan fingerprint density at radius 3 is 1.05 bits per heavy atom. The Labute approximate surface area is 243 Å². The molecule has 0 heterocycles. The zero-order valence-corrected chi connectivity index (χ0v) is 23.5. The molecular formula is C36H25BrClN. The molecule has 0 bridgehead atoms. The summed E-state index contributed by atoms with van der Waals surface area (Å²) < 4.78 is 1.08. The molecule has 3 heteroatoms. The van der Waals surface area contributed by atoms with Crippen molar-refractivity contribution in [3.05, 3.63) is 161 Å². The molecule has 0 amide bonds. The van der Waals surface area contributed by atoms with Gasteiger partial charge in [0.05, 0.1) is 0 Å². The van der Waals surface area contributed by atoms with Crippen molar-refractivity contribution in [2.75, 3.05) is 4.90 Å². The molecule has 0 saturated heterocycles. The molecule has 188 valence electrons. The van der Waals surface area contributed by atoms with Gasteiger partial charge in [-0.2, -0.15) is 0 Å². The third kappa shape index (κ3) is 5.68. The summed E-state index contributed by atoms with van der Waals surface area (Å²) in [6, 6.07) is 53.1. The van der Waals surface area contributed by atoms with Gasteiger partial charge in [-0.15, -0.1) is 0 Å². The van der Waals surface area contributed by atoms with Gasteiger partial charge >= 0.3 is 0 Å². The fourth-order valence-corrected chi connectivity index (χ4v) is 5.16. The van der Waals surface area contributed by atoms with E-state index in [4.69, 9.17) is 11.6 Å². The van der Waals surface area contributed by atoms with Gasteiger partial charge in [-0.3, -0.25) is 0 Å². The Morgan fingerprint density at radius 2 is 0.667 bits per heavy atom. The smallest absolute Gasteiger partial charge is 0.0462 e. The molecule has 0 atom stereocenters. The molecule has 6 aromatic carbocycles. The van der Waals surface area contributed by atoms with Gasteiger partial charge in [-0.25, -0.2) is 0 Å². The molecule has 0 N–H and O–H groups in total. The van der Waals surface area contributed by atoms with Gasteiger partial charge in [0.2, 0.25) is 0 Å². The molecule has 0 aliphatic rings. The maximum atomic E-state index is 6.10. The summed E-state index contributed by atoms with van der Waals surface area (Å²) in [6.07, 6.45) is 0. The lowest BCUT2D eigenvalue weighted by atomic mass is 10.0. The van der Waals surface area contributed by atoms with E-state index in [2.05, 4.69) is 154 Å². The second kappa shape index (κ2) is 11.3. The van der Waals surface area contributed by atoms with Crippen LogP contribution in [0.25, 0.3) is 33.4 Å². The SMILES string of the molecule is Clc1ccc(-c2ccc(N(c3ccc(-c4ccccc4)cc3)c3ccc(-c4ccc(Br)cc4)cc3)cc2)cc1. The van der Waals surface area contributed by atoms with E-state index in [0.717, 1.165) is 37.7 Å². The molecule has 0 aromatic heterocycles. The molecule has 0 radical (unpaired) electrons. The lowest BCUT2D eigenvalue weighted by molar-refractivity contribution is 1.28. The molecule has 1 nitrogen and oxygen atoms in total. The Bertz CT molecular complexity index is 1570. The Balaban J connectivity index is 1.37. The number of halogens is 2. The molecule has 6 aromatic rings. The topological polar surface area (TPSA) is 3.24 Å². The first kappa shape index (κ1) is 25.2. The average molecular weight is 587 g/mol. The molecule has 0 spiro atoms. The maximum absolute atomic E-state index is 6.10. The van der Waals surface area contributed by atoms with Gasteiger partial charge < -0.3 is 4.90 Å². The summed E-state index contributed by atoms with van der Waals surface area (Å²) in [5.41, 5.74) is 10.4. The number of anilines is 3. The van der Waals surface area contributed by atoms with Crippen molar-refractivity contribution in [1.29, 1.82) is 0 Å². The lowest BCUT2D eigenvalue weighted by Gasteiger charge is -2.26. The van der Waals surface area contributed by atoms with Crippen LogP contribution in [-0.2, 0) is 0 Å². The van der Waals surface area contributed by atoms with E-state index in [9.17, 15) is 0 Å². The molecule has 0 fully saturated rings. The van der Waals surface area contributed by atoms with Gasteiger partial charge in [0.25, 0.3) is 0 Å². The highest BCUT2D eigenvalue weighted by molar-refractivity contribution is 9.10. The van der Waals surface area contributed by atoms with Crippen LogP contribution in [0.2, 0.25) is 5.02 Å². The minimum absolute atomic E-state index is 0.743. The summed E-state index contributed by atoms with van der Waals surface area (Å²) in [5, 5.41) is 0.743. The normalized spacial score (nSPS) is 10.8. The molecular weight excluding hydrogens is 562 g/mol. The van der Waals surface area contributed by atoms with Crippen molar-refractivity contribution < 1.29 is 0 Å². The van der Waals surface area contributed by atoms with Crippen molar-refractivity contribution in [2.24, 2.45) is 0 Å². The number of hydrogen-bond acceptors (Lipinski definition) is 1. The van der Waals surface area contributed by atoms with E-state index in [1.54, 1.807) is 0 Å². The Hall–Kier alpha value is -4.11. The van der Waals surface area contributed by atoms with Crippen LogP contribution in [0.5, 0.6) is 0 Å². The van der Waals surface area contributed by atoms with Gasteiger partial charge in [0.1, 0.15) is 0 Å². The van der Waals surface area contributed by atoms with E-state index in [0.29, 0.717) is 0 Å². The first-order valence-electron chi connectivity index (χ1n) is 12.8. The molecule has 0 saturated carbocycles. The zero-order valence-electron chi connectivity index (χ0n) is 21.1. The molecule has 0 unspecified atom stereocenters. The summed E-state index contributed by atoms with van der Waals surface area (Å²) in [6.45, 7) is 0. The van der Waals surface area contributed by atoms with Crippen LogP contribution in [0.4, 0.5) is 17.1 Å². The van der Waals surface area contributed by atoms with Gasteiger partial charge in [-0.05, 0) is 94.0 Å². The monoisotopic (exact) mass is 585 g/mol. The van der Waals surface area contributed by atoms with E-state index < -0.39 is 0 Å². The Morgan fingerprint density at radius 1 is 0.359 bits per heavy atom. The summed E-state index contributed by atoms with van der Waals surface area (Å²) in [5.74, 6) is 0. The predicted octanol–water partition coefficient (Wildman–Crippen LogP) is 11.6. The maximum Gasteiger partial charge on any atom is 0.0462 e. The zero-order chi connectivity index (χ0) is 26.6. The van der Waals surface area contributed by atoms with Crippen LogP contribution in [0, 0.1) is 0 Å². The number of hydrogen-bond donors (Lipinski definition) is 0. The lowest BCUT2D eigenvalue weighted by Crippen LogP contribution is -2.09. The van der Waals surface area contributed by atoms with Crippen molar-refractivity contribution in [2.45, 2.75) is 0 Å². The average Bonchev–Trinajstić information content (AvgIpc) is 3.00. The van der Waals surface area contributed by atoms with Crippen molar-refractivity contribution >= 4 is 44.6 Å². The van der Waals surface area contributed by atoms with E-state index >= 15 is 0 Å². The molecule has 6 rings (SSSR count). The first-order valence-corrected chi connectivity index (χ1v) is 14.0. The number of nitrogens with zero attached hydrogens (tertiary/aromatic N) is 1. The van der Waals surface area contributed by atoms with Crippen LogP contribution in [-0.4, -0.2) is 0 Å². The highest BCUT2D eigenvalue weighted by Gasteiger charge is 2.14. The van der Waals surface area contributed by atoms with Gasteiger partial charge in [-0.1, -0.05) is 119 Å². The summed E-state index contributed by atoms with van der Waals surface area (Å²) in [7, 11) is 0. The summed E-state index contributed by atoms with van der Waals surface area (Å²) in [4.78, 5) is 2.30. The van der Waals surface area contributed by atoms with Crippen LogP contribution in [0.1, 0.15) is 0 Å². The van der Waals surface area contributed by atoms with E-state index in [1.807, 2.05) is 18.2 Å². The molecule has 39 heavy (non-hydrogen) atoms. The fraction of sp³-hybridized carbons (Fsp3) is 0. The highest BCUT2D eigenvalue weighted by atomic mass is 79.9. The van der Waals surface area contributed by atoms with Crippen LogP contribution >= 0.6 is 27.5 Å². The van der Waals surface area contributed by atoms with Crippen LogP contribution in [0.3, 0.4) is 0 Å². The molecule has 0 aliphatic heterocycles. The molecule has 0 aliphatic carbocycles. The number of rotatable bonds is 6. The van der Waals surface area contributed by atoms with Crippen LogP contribution in [0.15, 0.2) is 156 Å². The van der Waals surface area contributed by atoms with Crippen LogP contribution < -0.4 is 4.90 Å². The minimum atomic E-state index is 0.743. The fourth-order valence-electron chi connectivity index (χ4n) is 4.77. The van der Waals surface area contributed by atoms with E-state index in [1.165, 1.54) is 22.3 Å².